The number of rotatable bonds is 3. The smallest absolute Gasteiger partial charge is 0.147 e. The molecule has 1 fully saturated rings. The van der Waals surface area contributed by atoms with Gasteiger partial charge in [0.15, 0.2) is 0 Å². The lowest BCUT2D eigenvalue weighted by atomic mass is 10.00. The van der Waals surface area contributed by atoms with Crippen LogP contribution < -0.4 is 5.73 Å². The van der Waals surface area contributed by atoms with Gasteiger partial charge in [-0.2, -0.15) is 0 Å². The van der Waals surface area contributed by atoms with E-state index in [1.54, 1.807) is 12.1 Å². The van der Waals surface area contributed by atoms with Crippen molar-refractivity contribution in [2.24, 2.45) is 5.73 Å². The second-order valence-corrected chi connectivity index (χ2v) is 5.47. The molecule has 0 aliphatic carbocycles. The van der Waals surface area contributed by atoms with Gasteiger partial charge in [0.25, 0.3) is 0 Å². The summed E-state index contributed by atoms with van der Waals surface area (Å²) < 4.78 is 19.9. The van der Waals surface area contributed by atoms with E-state index in [0.29, 0.717) is 16.5 Å². The minimum Gasteiger partial charge on any atom is -0.378 e. The average Bonchev–Trinajstić information content (AvgIpc) is 2.78. The molecule has 0 radical (unpaired) electrons. The standard InChI is InChI=1S/C12H14BrClFNO/c13-9-4-3-8(12(15)11(9)14)10(16)6-7-2-1-5-17-7/h3-4,7,10H,1-2,5-6,16H2. The molecule has 2 nitrogen and oxygen atoms in total. The minimum absolute atomic E-state index is 0.0882. The van der Waals surface area contributed by atoms with Gasteiger partial charge in [-0.15, -0.1) is 0 Å². The molecular formula is C12H14BrClFNO. The van der Waals surface area contributed by atoms with Crippen LogP contribution in [0, 0.1) is 5.82 Å². The predicted octanol–water partition coefficient (Wildman–Crippen LogP) is 3.81. The zero-order valence-corrected chi connectivity index (χ0v) is 11.6. The highest BCUT2D eigenvalue weighted by atomic mass is 79.9. The van der Waals surface area contributed by atoms with Gasteiger partial charge in [-0.1, -0.05) is 17.7 Å². The second kappa shape index (κ2) is 5.65. The van der Waals surface area contributed by atoms with Crippen molar-refractivity contribution in [3.63, 3.8) is 0 Å². The first-order valence-electron chi connectivity index (χ1n) is 5.60. The molecule has 1 saturated heterocycles. The topological polar surface area (TPSA) is 35.2 Å². The number of ether oxygens (including phenoxy) is 1. The Hall–Kier alpha value is -0.160. The summed E-state index contributed by atoms with van der Waals surface area (Å²) in [5.74, 6) is -0.438. The van der Waals surface area contributed by atoms with E-state index < -0.39 is 5.82 Å². The highest BCUT2D eigenvalue weighted by Crippen LogP contribution is 2.32. The molecule has 17 heavy (non-hydrogen) atoms. The zero-order chi connectivity index (χ0) is 12.4. The van der Waals surface area contributed by atoms with Gasteiger partial charge in [0.1, 0.15) is 5.82 Å². The molecule has 1 aliphatic rings. The van der Waals surface area contributed by atoms with E-state index in [2.05, 4.69) is 15.9 Å². The van der Waals surface area contributed by atoms with Gasteiger partial charge in [0.2, 0.25) is 0 Å². The highest BCUT2D eigenvalue weighted by molar-refractivity contribution is 9.10. The summed E-state index contributed by atoms with van der Waals surface area (Å²) in [6, 6.07) is 3.02. The Kier molecular flexibility index (Phi) is 4.42. The van der Waals surface area contributed by atoms with E-state index in [1.807, 2.05) is 0 Å². The van der Waals surface area contributed by atoms with Gasteiger partial charge < -0.3 is 10.5 Å². The fraction of sp³-hybridized carbons (Fsp3) is 0.500. The van der Waals surface area contributed by atoms with Gasteiger partial charge in [0.05, 0.1) is 11.1 Å². The summed E-state index contributed by atoms with van der Waals surface area (Å²) >= 11 is 9.01. The third kappa shape index (κ3) is 2.99. The SMILES string of the molecule is NC(CC1CCCO1)c1ccc(Br)c(Cl)c1F. The zero-order valence-electron chi connectivity index (χ0n) is 9.26. The van der Waals surface area contributed by atoms with Crippen LogP contribution in [0.25, 0.3) is 0 Å². The molecule has 1 aliphatic heterocycles. The lowest BCUT2D eigenvalue weighted by Crippen LogP contribution is -2.19. The Morgan fingerprint density at radius 3 is 3.00 bits per heavy atom. The molecule has 0 spiro atoms. The average molecular weight is 323 g/mol. The van der Waals surface area contributed by atoms with Crippen molar-refractivity contribution >= 4 is 27.5 Å². The van der Waals surface area contributed by atoms with Gasteiger partial charge in [-0.25, -0.2) is 4.39 Å². The van der Waals surface area contributed by atoms with E-state index in [9.17, 15) is 4.39 Å². The van der Waals surface area contributed by atoms with Crippen LogP contribution in [-0.2, 0) is 4.74 Å². The molecule has 2 N–H and O–H groups in total. The molecule has 5 heteroatoms. The summed E-state index contributed by atoms with van der Waals surface area (Å²) in [5, 5.41) is 0.0882. The van der Waals surface area contributed by atoms with Crippen LogP contribution >= 0.6 is 27.5 Å². The molecule has 0 saturated carbocycles. The normalized spacial score (nSPS) is 21.8. The fourth-order valence-corrected chi connectivity index (χ4v) is 2.55. The van der Waals surface area contributed by atoms with Gasteiger partial charge in [-0.3, -0.25) is 0 Å². The van der Waals surface area contributed by atoms with Crippen LogP contribution in [0.5, 0.6) is 0 Å². The van der Waals surface area contributed by atoms with E-state index in [0.717, 1.165) is 19.4 Å². The van der Waals surface area contributed by atoms with E-state index in [4.69, 9.17) is 22.1 Å². The van der Waals surface area contributed by atoms with Crippen LogP contribution in [-0.4, -0.2) is 12.7 Å². The molecule has 2 atom stereocenters. The summed E-state index contributed by atoms with van der Waals surface area (Å²) in [4.78, 5) is 0. The van der Waals surface area contributed by atoms with Crippen molar-refractivity contribution in [3.8, 4) is 0 Å². The number of benzene rings is 1. The molecular weight excluding hydrogens is 308 g/mol. The molecule has 2 unspecified atom stereocenters. The summed E-state index contributed by atoms with van der Waals surface area (Å²) in [6.45, 7) is 0.779. The van der Waals surface area contributed by atoms with E-state index >= 15 is 0 Å². The first-order chi connectivity index (χ1) is 8.09. The molecule has 1 aromatic rings. The van der Waals surface area contributed by atoms with Crippen LogP contribution in [0.1, 0.15) is 30.9 Å². The Bertz CT molecular complexity index is 410. The molecule has 0 bridgehead atoms. The summed E-state index contributed by atoms with van der Waals surface area (Å²) in [6.07, 6.45) is 2.84. The maximum Gasteiger partial charge on any atom is 0.147 e. The van der Waals surface area contributed by atoms with Crippen molar-refractivity contribution in [3.05, 3.63) is 33.0 Å². The number of hydrogen-bond donors (Lipinski definition) is 1. The van der Waals surface area contributed by atoms with Crippen molar-refractivity contribution < 1.29 is 9.13 Å². The lowest BCUT2D eigenvalue weighted by molar-refractivity contribution is 0.0980. The second-order valence-electron chi connectivity index (χ2n) is 4.24. The van der Waals surface area contributed by atoms with E-state index in [-0.39, 0.29) is 17.2 Å². The first kappa shape index (κ1) is 13.3. The largest absolute Gasteiger partial charge is 0.378 e. The van der Waals surface area contributed by atoms with Crippen molar-refractivity contribution in [2.45, 2.75) is 31.4 Å². The van der Waals surface area contributed by atoms with Crippen molar-refractivity contribution in [2.75, 3.05) is 6.61 Å². The molecule has 94 valence electrons. The quantitative estimate of drug-likeness (QED) is 0.859. The maximum atomic E-state index is 13.9. The Morgan fingerprint density at radius 1 is 1.59 bits per heavy atom. The Morgan fingerprint density at radius 2 is 2.35 bits per heavy atom. The third-order valence-corrected chi connectivity index (χ3v) is 4.26. The summed E-state index contributed by atoms with van der Waals surface area (Å²) in [5.41, 5.74) is 6.45. The van der Waals surface area contributed by atoms with Crippen molar-refractivity contribution in [1.82, 2.24) is 0 Å². The Balaban J connectivity index is 2.13. The van der Waals surface area contributed by atoms with Gasteiger partial charge >= 0.3 is 0 Å². The lowest BCUT2D eigenvalue weighted by Gasteiger charge is -2.17. The minimum atomic E-state index is -0.438. The van der Waals surface area contributed by atoms with Gasteiger partial charge in [0, 0.05) is 22.7 Å². The van der Waals surface area contributed by atoms with E-state index in [1.165, 1.54) is 0 Å². The molecule has 1 aromatic carbocycles. The monoisotopic (exact) mass is 321 g/mol. The van der Waals surface area contributed by atoms with Crippen LogP contribution in [0.15, 0.2) is 16.6 Å². The van der Waals surface area contributed by atoms with Crippen LogP contribution in [0.2, 0.25) is 5.02 Å². The highest BCUT2D eigenvalue weighted by Gasteiger charge is 2.22. The summed E-state index contributed by atoms with van der Waals surface area (Å²) in [7, 11) is 0. The number of halogens is 3. The van der Waals surface area contributed by atoms with Crippen LogP contribution in [0.4, 0.5) is 4.39 Å². The fourth-order valence-electron chi connectivity index (χ4n) is 2.07. The molecule has 0 amide bonds. The number of hydrogen-bond acceptors (Lipinski definition) is 2. The molecule has 2 rings (SSSR count). The maximum absolute atomic E-state index is 13.9. The number of nitrogens with two attached hydrogens (primary N) is 1. The molecule has 1 heterocycles. The predicted molar refractivity (Wildman–Crippen MR) is 69.6 cm³/mol. The third-order valence-electron chi connectivity index (χ3n) is 3.01. The van der Waals surface area contributed by atoms with Crippen molar-refractivity contribution in [1.29, 1.82) is 0 Å². The Labute approximate surface area is 113 Å². The molecule has 0 aromatic heterocycles. The first-order valence-corrected chi connectivity index (χ1v) is 6.77. The van der Waals surface area contributed by atoms with Crippen LogP contribution in [0.3, 0.4) is 0 Å². The van der Waals surface area contributed by atoms with Gasteiger partial charge in [-0.05, 0) is 41.3 Å².